The van der Waals surface area contributed by atoms with Crippen molar-refractivity contribution in [2.75, 3.05) is 0 Å². The Bertz CT molecular complexity index is 174. The van der Waals surface area contributed by atoms with E-state index in [0.29, 0.717) is 0 Å². The quantitative estimate of drug-likeness (QED) is 0.541. The highest BCUT2D eigenvalue weighted by molar-refractivity contribution is 4.97. The molecule has 0 aliphatic heterocycles. The molecule has 0 N–H and O–H groups in total. The molecule has 0 aromatic rings. The molecule has 4 atom stereocenters. The fraction of sp³-hybridized carbons (Fsp3) is 0.857. The highest BCUT2D eigenvalue weighted by Crippen LogP contribution is 2.50. The second-order valence-corrected chi connectivity index (χ2v) is 5.63. The summed E-state index contributed by atoms with van der Waals surface area (Å²) in [5, 5.41) is 0. The number of rotatable bonds is 0. The lowest BCUT2D eigenvalue weighted by Gasteiger charge is -2.47. The monoisotopic (exact) mass is 190 g/mol. The van der Waals surface area contributed by atoms with Gasteiger partial charge >= 0.3 is 0 Å². The Morgan fingerprint density at radius 2 is 1.14 bits per heavy atom. The van der Waals surface area contributed by atoms with Crippen molar-refractivity contribution >= 4 is 0 Å². The van der Waals surface area contributed by atoms with E-state index in [9.17, 15) is 0 Å². The molecule has 0 saturated heterocycles. The van der Waals surface area contributed by atoms with Crippen LogP contribution in [0.5, 0.6) is 0 Å². The molecule has 3 aliphatic carbocycles. The Labute approximate surface area is 88.5 Å². The first-order valence-electron chi connectivity index (χ1n) is 6.58. The standard InChI is InChI=1S/C14H22/c1-3-7-13-11(5-1)9-10-12-6-2-4-8-14(12)13/h1-2,11-14H,3-10H2/t11-,12+,13+,14-. The third-order valence-electron chi connectivity index (χ3n) is 5.02. The second-order valence-electron chi connectivity index (χ2n) is 5.63. The van der Waals surface area contributed by atoms with Gasteiger partial charge in [0, 0.05) is 0 Å². The van der Waals surface area contributed by atoms with Crippen LogP contribution in [0.2, 0.25) is 0 Å². The highest BCUT2D eigenvalue weighted by Gasteiger charge is 2.40. The minimum absolute atomic E-state index is 1.09. The molecule has 3 aliphatic rings. The van der Waals surface area contributed by atoms with Gasteiger partial charge in [-0.1, -0.05) is 0 Å². The van der Waals surface area contributed by atoms with Gasteiger partial charge in [-0.25, -0.2) is 0 Å². The van der Waals surface area contributed by atoms with Gasteiger partial charge in [-0.15, -0.1) is 0 Å². The minimum atomic E-state index is 1.09. The Hall–Kier alpha value is 0. The lowest BCUT2D eigenvalue weighted by atomic mass is 9.58. The molecule has 2 radical (unpaired) electrons. The molecule has 0 nitrogen and oxygen atoms in total. The summed E-state index contributed by atoms with van der Waals surface area (Å²) in [5.41, 5.74) is 0. The van der Waals surface area contributed by atoms with E-state index in [0.717, 1.165) is 23.7 Å². The fourth-order valence-corrected chi connectivity index (χ4v) is 4.32. The lowest BCUT2D eigenvalue weighted by molar-refractivity contribution is 0.0493. The molecule has 14 heavy (non-hydrogen) atoms. The molecule has 3 fully saturated rings. The van der Waals surface area contributed by atoms with E-state index in [2.05, 4.69) is 12.8 Å². The van der Waals surface area contributed by atoms with Crippen LogP contribution in [-0.2, 0) is 0 Å². The van der Waals surface area contributed by atoms with Crippen molar-refractivity contribution in [1.82, 2.24) is 0 Å². The molecule has 0 unspecified atom stereocenters. The third kappa shape index (κ3) is 1.51. The van der Waals surface area contributed by atoms with Crippen LogP contribution in [0.3, 0.4) is 0 Å². The average molecular weight is 190 g/mol. The predicted octanol–water partition coefficient (Wildman–Crippen LogP) is 4.02. The molecule has 0 aromatic heterocycles. The van der Waals surface area contributed by atoms with E-state index in [-0.39, 0.29) is 0 Å². The van der Waals surface area contributed by atoms with Crippen LogP contribution in [0.4, 0.5) is 0 Å². The molecule has 0 heteroatoms. The van der Waals surface area contributed by atoms with Crippen LogP contribution in [0, 0.1) is 36.5 Å². The molecular formula is C14H22. The first-order chi connectivity index (χ1) is 6.95. The van der Waals surface area contributed by atoms with Gasteiger partial charge in [0.05, 0.1) is 0 Å². The van der Waals surface area contributed by atoms with E-state index in [4.69, 9.17) is 0 Å². The Morgan fingerprint density at radius 1 is 0.643 bits per heavy atom. The van der Waals surface area contributed by atoms with Gasteiger partial charge in [-0.3, -0.25) is 0 Å². The summed E-state index contributed by atoms with van der Waals surface area (Å²) in [6, 6.07) is 0. The van der Waals surface area contributed by atoms with Crippen LogP contribution in [0.25, 0.3) is 0 Å². The Morgan fingerprint density at radius 3 is 1.64 bits per heavy atom. The summed E-state index contributed by atoms with van der Waals surface area (Å²) < 4.78 is 0. The van der Waals surface area contributed by atoms with Crippen molar-refractivity contribution in [2.24, 2.45) is 23.7 Å². The summed E-state index contributed by atoms with van der Waals surface area (Å²) in [5.74, 6) is 4.41. The van der Waals surface area contributed by atoms with Crippen molar-refractivity contribution in [3.63, 3.8) is 0 Å². The highest BCUT2D eigenvalue weighted by atomic mass is 14.5. The maximum absolute atomic E-state index is 2.55. The van der Waals surface area contributed by atoms with Gasteiger partial charge in [-0.2, -0.15) is 0 Å². The van der Waals surface area contributed by atoms with Crippen LogP contribution < -0.4 is 0 Å². The van der Waals surface area contributed by atoms with Gasteiger partial charge in [0.15, 0.2) is 0 Å². The van der Waals surface area contributed by atoms with Crippen LogP contribution >= 0.6 is 0 Å². The van der Waals surface area contributed by atoms with E-state index in [1.807, 2.05) is 0 Å². The average Bonchev–Trinajstić information content (AvgIpc) is 2.29. The Balaban J connectivity index is 1.74. The molecule has 0 spiro atoms. The lowest BCUT2D eigenvalue weighted by Crippen LogP contribution is -2.38. The zero-order valence-corrected chi connectivity index (χ0v) is 9.12. The van der Waals surface area contributed by atoms with E-state index in [1.54, 1.807) is 0 Å². The summed E-state index contributed by atoms with van der Waals surface area (Å²) in [6.07, 6.45) is 16.9. The normalized spacial score (nSPS) is 48.0. The molecule has 0 aromatic carbocycles. The molecule has 3 saturated carbocycles. The molecule has 0 heterocycles. The SMILES string of the molecule is [CH]1CC[C@@H]2[C@@H](C1)CC[C@H]1C[CH]CC[C@@H]12. The zero-order chi connectivity index (χ0) is 9.38. The third-order valence-corrected chi connectivity index (χ3v) is 5.02. The first-order valence-corrected chi connectivity index (χ1v) is 6.58. The van der Waals surface area contributed by atoms with Crippen molar-refractivity contribution in [3.05, 3.63) is 12.8 Å². The maximum atomic E-state index is 2.55. The maximum Gasteiger partial charge on any atom is -0.0355 e. The fourth-order valence-electron chi connectivity index (χ4n) is 4.32. The number of hydrogen-bond donors (Lipinski definition) is 0. The largest absolute Gasteiger partial charge is 0.0499 e. The smallest absolute Gasteiger partial charge is 0.0355 e. The van der Waals surface area contributed by atoms with Gasteiger partial charge in [0.25, 0.3) is 0 Å². The van der Waals surface area contributed by atoms with Gasteiger partial charge < -0.3 is 0 Å². The van der Waals surface area contributed by atoms with E-state index >= 15 is 0 Å². The minimum Gasteiger partial charge on any atom is -0.0499 e. The number of hydrogen-bond acceptors (Lipinski definition) is 0. The molecular weight excluding hydrogens is 168 g/mol. The van der Waals surface area contributed by atoms with Gasteiger partial charge in [0.1, 0.15) is 0 Å². The van der Waals surface area contributed by atoms with Crippen LogP contribution in [-0.4, -0.2) is 0 Å². The van der Waals surface area contributed by atoms with E-state index in [1.165, 1.54) is 51.4 Å². The summed E-state index contributed by atoms with van der Waals surface area (Å²) in [6.45, 7) is 0. The number of fused-ring (bicyclic) bond motifs is 3. The second kappa shape index (κ2) is 3.87. The van der Waals surface area contributed by atoms with Gasteiger partial charge in [0.2, 0.25) is 0 Å². The van der Waals surface area contributed by atoms with Crippen molar-refractivity contribution in [2.45, 2.75) is 51.4 Å². The van der Waals surface area contributed by atoms with Crippen molar-refractivity contribution in [3.8, 4) is 0 Å². The summed E-state index contributed by atoms with van der Waals surface area (Å²) >= 11 is 0. The summed E-state index contributed by atoms with van der Waals surface area (Å²) in [7, 11) is 0. The van der Waals surface area contributed by atoms with Crippen LogP contribution in [0.15, 0.2) is 0 Å². The zero-order valence-electron chi connectivity index (χ0n) is 9.12. The van der Waals surface area contributed by atoms with Crippen molar-refractivity contribution in [1.29, 1.82) is 0 Å². The molecule has 78 valence electrons. The van der Waals surface area contributed by atoms with E-state index < -0.39 is 0 Å². The molecule has 0 bridgehead atoms. The van der Waals surface area contributed by atoms with Crippen LogP contribution in [0.1, 0.15) is 51.4 Å². The molecule has 0 amide bonds. The summed E-state index contributed by atoms with van der Waals surface area (Å²) in [4.78, 5) is 0. The van der Waals surface area contributed by atoms with Gasteiger partial charge in [-0.05, 0) is 87.9 Å². The first kappa shape index (κ1) is 9.24. The molecule has 3 rings (SSSR count). The predicted molar refractivity (Wildman–Crippen MR) is 59.5 cm³/mol. The topological polar surface area (TPSA) is 0 Å². The van der Waals surface area contributed by atoms with Crippen molar-refractivity contribution < 1.29 is 0 Å². The Kier molecular flexibility index (Phi) is 2.55.